The van der Waals surface area contributed by atoms with Crippen LogP contribution in [0.5, 0.6) is 5.75 Å². The van der Waals surface area contributed by atoms with Crippen LogP contribution in [0, 0.1) is 5.82 Å². The molecule has 8 nitrogen and oxygen atoms in total. The number of ether oxygens (including phenoxy) is 1. The fourth-order valence-corrected chi connectivity index (χ4v) is 6.25. The van der Waals surface area contributed by atoms with Crippen molar-refractivity contribution in [2.45, 2.75) is 37.8 Å². The normalized spacial score (nSPS) is 11.8. The summed E-state index contributed by atoms with van der Waals surface area (Å²) in [6.07, 6.45) is 0.181. The highest BCUT2D eigenvalue weighted by Gasteiger charge is 2.35. The van der Waals surface area contributed by atoms with E-state index in [2.05, 4.69) is 5.32 Å². The Labute approximate surface area is 258 Å². The number of sulfonamides is 1. The Balaban J connectivity index is 1.82. The molecule has 0 saturated carbocycles. The van der Waals surface area contributed by atoms with Crippen molar-refractivity contribution in [1.82, 2.24) is 10.2 Å². The van der Waals surface area contributed by atoms with Gasteiger partial charge in [0.2, 0.25) is 11.8 Å². The summed E-state index contributed by atoms with van der Waals surface area (Å²) in [6, 6.07) is 28.3. The number of carbonyl (C=O) groups is 2. The summed E-state index contributed by atoms with van der Waals surface area (Å²) in [7, 11) is -4.26. The zero-order valence-corrected chi connectivity index (χ0v) is 25.5. The van der Waals surface area contributed by atoms with E-state index >= 15 is 0 Å². The molecule has 0 bridgehead atoms. The summed E-state index contributed by atoms with van der Waals surface area (Å²) in [4.78, 5) is 29.3. The summed E-state index contributed by atoms with van der Waals surface area (Å²) in [5.74, 6) is -1.16. The van der Waals surface area contributed by atoms with Crippen molar-refractivity contribution >= 4 is 27.5 Å². The molecule has 4 rings (SSSR count). The Morgan fingerprint density at radius 3 is 2.07 bits per heavy atom. The molecule has 0 unspecified atom stereocenters. The Hall–Kier alpha value is -4.70. The van der Waals surface area contributed by atoms with Gasteiger partial charge in [-0.05, 0) is 61.4 Å². The molecule has 0 saturated heterocycles. The lowest BCUT2D eigenvalue weighted by molar-refractivity contribution is -0.140. The number of benzene rings is 4. The second kappa shape index (κ2) is 15.2. The topological polar surface area (TPSA) is 96.0 Å². The van der Waals surface area contributed by atoms with Crippen LogP contribution in [0.15, 0.2) is 114 Å². The van der Waals surface area contributed by atoms with Gasteiger partial charge in [-0.1, -0.05) is 72.8 Å². The average molecular weight is 618 g/mol. The van der Waals surface area contributed by atoms with E-state index in [1.54, 1.807) is 56.3 Å². The first-order valence-electron chi connectivity index (χ1n) is 14.4. The molecule has 0 spiro atoms. The molecule has 2 amide bonds. The summed E-state index contributed by atoms with van der Waals surface area (Å²) < 4.78 is 48.8. The molecule has 0 aliphatic heterocycles. The fraction of sp³-hybridized carbons (Fsp3) is 0.235. The molecular weight excluding hydrogens is 581 g/mol. The van der Waals surface area contributed by atoms with E-state index in [9.17, 15) is 22.4 Å². The quantitative estimate of drug-likeness (QED) is 0.210. The third kappa shape index (κ3) is 8.02. The van der Waals surface area contributed by atoms with Gasteiger partial charge in [0.05, 0.1) is 17.2 Å². The predicted octanol–water partition coefficient (Wildman–Crippen LogP) is 5.20. The van der Waals surface area contributed by atoms with Crippen LogP contribution >= 0.6 is 0 Å². The van der Waals surface area contributed by atoms with Gasteiger partial charge >= 0.3 is 0 Å². The van der Waals surface area contributed by atoms with Gasteiger partial charge in [-0.2, -0.15) is 0 Å². The minimum absolute atomic E-state index is 0.00579. The number of rotatable bonds is 14. The Morgan fingerprint density at radius 2 is 1.43 bits per heavy atom. The maximum absolute atomic E-state index is 14.4. The minimum atomic E-state index is -4.26. The van der Waals surface area contributed by atoms with Gasteiger partial charge in [0.15, 0.2) is 0 Å². The number of anilines is 1. The number of nitrogens with zero attached hydrogens (tertiary/aromatic N) is 2. The highest BCUT2D eigenvalue weighted by atomic mass is 32.2. The third-order valence-corrected chi connectivity index (χ3v) is 8.71. The van der Waals surface area contributed by atoms with E-state index < -0.39 is 34.3 Å². The zero-order chi connectivity index (χ0) is 31.5. The van der Waals surface area contributed by atoms with Crippen LogP contribution in [0.2, 0.25) is 0 Å². The first kappa shape index (κ1) is 32.2. The van der Waals surface area contributed by atoms with Crippen molar-refractivity contribution in [2.24, 2.45) is 0 Å². The van der Waals surface area contributed by atoms with Crippen molar-refractivity contribution < 1.29 is 27.1 Å². The van der Waals surface area contributed by atoms with Crippen LogP contribution in [-0.2, 0) is 32.6 Å². The number of carbonyl (C=O) groups excluding carboxylic acids is 2. The smallest absolute Gasteiger partial charge is 0.264 e. The van der Waals surface area contributed by atoms with E-state index in [4.69, 9.17) is 4.74 Å². The SMILES string of the molecule is CCNC(=O)[C@H](Cc1ccccc1)N(Cc1ccc(F)cc1)C(=O)CN(c1ccccc1OCC)S(=O)(=O)c1ccccc1. The van der Waals surface area contributed by atoms with Gasteiger partial charge in [0.25, 0.3) is 10.0 Å². The number of halogens is 1. The van der Waals surface area contributed by atoms with Crippen LogP contribution in [0.4, 0.5) is 10.1 Å². The number of hydrogen-bond donors (Lipinski definition) is 1. The Bertz CT molecular complexity index is 1630. The molecule has 1 atom stereocenters. The molecule has 1 N–H and O–H groups in total. The largest absolute Gasteiger partial charge is 0.492 e. The van der Waals surface area contributed by atoms with E-state index in [0.29, 0.717) is 12.1 Å². The average Bonchev–Trinajstić information content (AvgIpc) is 3.04. The van der Waals surface area contributed by atoms with Crippen molar-refractivity contribution in [2.75, 3.05) is 24.0 Å². The third-order valence-electron chi connectivity index (χ3n) is 6.93. The van der Waals surface area contributed by atoms with Gasteiger partial charge in [0, 0.05) is 19.5 Å². The predicted molar refractivity (Wildman–Crippen MR) is 168 cm³/mol. The lowest BCUT2D eigenvalue weighted by Gasteiger charge is -2.34. The standard InChI is InChI=1S/C34H36FN3O5S/c1-3-36-34(40)31(23-26-13-7-5-8-14-26)37(24-27-19-21-28(35)22-20-27)33(39)25-38(30-17-11-12-18-32(30)43-4-2)44(41,42)29-15-9-6-10-16-29/h5-22,31H,3-4,23-25H2,1-2H3,(H,36,40)/t31-/m0/s1. The summed E-state index contributed by atoms with van der Waals surface area (Å²) in [5, 5.41) is 2.82. The lowest BCUT2D eigenvalue weighted by Crippen LogP contribution is -2.53. The first-order valence-corrected chi connectivity index (χ1v) is 15.8. The Morgan fingerprint density at radius 1 is 0.818 bits per heavy atom. The molecule has 10 heteroatoms. The van der Waals surface area contributed by atoms with E-state index in [1.165, 1.54) is 41.3 Å². The van der Waals surface area contributed by atoms with Gasteiger partial charge in [-0.15, -0.1) is 0 Å². The van der Waals surface area contributed by atoms with Gasteiger partial charge in [-0.25, -0.2) is 12.8 Å². The molecule has 0 aliphatic carbocycles. The van der Waals surface area contributed by atoms with Crippen LogP contribution in [0.1, 0.15) is 25.0 Å². The van der Waals surface area contributed by atoms with Crippen LogP contribution in [0.25, 0.3) is 0 Å². The van der Waals surface area contributed by atoms with Gasteiger partial charge < -0.3 is 15.0 Å². The molecule has 230 valence electrons. The molecule has 0 fully saturated rings. The second-order valence-corrected chi connectivity index (χ2v) is 11.8. The number of amides is 2. The van der Waals surface area contributed by atoms with Crippen LogP contribution < -0.4 is 14.4 Å². The molecule has 0 radical (unpaired) electrons. The zero-order valence-electron chi connectivity index (χ0n) is 24.7. The van der Waals surface area contributed by atoms with E-state index in [0.717, 1.165) is 9.87 Å². The molecule has 4 aromatic carbocycles. The van der Waals surface area contributed by atoms with Gasteiger partial charge in [-0.3, -0.25) is 13.9 Å². The fourth-order valence-electron chi connectivity index (χ4n) is 4.81. The molecule has 0 aromatic heterocycles. The Kier molecular flexibility index (Phi) is 11.1. The molecule has 0 heterocycles. The monoisotopic (exact) mass is 617 g/mol. The van der Waals surface area contributed by atoms with Crippen molar-refractivity contribution in [1.29, 1.82) is 0 Å². The maximum atomic E-state index is 14.4. The van der Waals surface area contributed by atoms with Crippen LogP contribution in [-0.4, -0.2) is 50.9 Å². The maximum Gasteiger partial charge on any atom is 0.264 e. The second-order valence-electron chi connectivity index (χ2n) is 9.97. The van der Waals surface area contributed by atoms with E-state index in [1.807, 2.05) is 30.3 Å². The van der Waals surface area contributed by atoms with Crippen LogP contribution in [0.3, 0.4) is 0 Å². The van der Waals surface area contributed by atoms with Gasteiger partial charge in [0.1, 0.15) is 24.2 Å². The molecular formula is C34H36FN3O5S. The highest BCUT2D eigenvalue weighted by Crippen LogP contribution is 2.33. The number of hydrogen-bond acceptors (Lipinski definition) is 5. The highest BCUT2D eigenvalue weighted by molar-refractivity contribution is 7.92. The first-order chi connectivity index (χ1) is 21.2. The minimum Gasteiger partial charge on any atom is -0.492 e. The lowest BCUT2D eigenvalue weighted by atomic mass is 10.0. The molecule has 4 aromatic rings. The number of nitrogens with one attached hydrogen (secondary N) is 1. The van der Waals surface area contributed by atoms with E-state index in [-0.39, 0.29) is 41.8 Å². The summed E-state index contributed by atoms with van der Waals surface area (Å²) in [6.45, 7) is 3.49. The number of likely N-dealkylation sites (N-methyl/N-ethyl adjacent to an activating group) is 1. The number of para-hydroxylation sites is 2. The summed E-state index contributed by atoms with van der Waals surface area (Å²) >= 11 is 0. The van der Waals surface area contributed by atoms with Crippen molar-refractivity contribution in [3.8, 4) is 5.75 Å². The van der Waals surface area contributed by atoms with Crippen molar-refractivity contribution in [3.63, 3.8) is 0 Å². The molecule has 44 heavy (non-hydrogen) atoms. The summed E-state index contributed by atoms with van der Waals surface area (Å²) in [5.41, 5.74) is 1.58. The van der Waals surface area contributed by atoms with Crippen molar-refractivity contribution in [3.05, 3.63) is 126 Å². The molecule has 0 aliphatic rings.